The van der Waals surface area contributed by atoms with Crippen LogP contribution in [-0.4, -0.2) is 31.3 Å². The van der Waals surface area contributed by atoms with Crippen LogP contribution in [0.4, 0.5) is 11.9 Å². The fourth-order valence-electron chi connectivity index (χ4n) is 2.05. The topological polar surface area (TPSA) is 94.5 Å². The van der Waals surface area contributed by atoms with Crippen molar-refractivity contribution < 1.29 is 0 Å². The first-order valence-corrected chi connectivity index (χ1v) is 7.55. The molecule has 3 N–H and O–H groups in total. The van der Waals surface area contributed by atoms with Crippen molar-refractivity contribution in [3.63, 3.8) is 0 Å². The van der Waals surface area contributed by atoms with Crippen molar-refractivity contribution in [1.82, 2.24) is 24.7 Å². The number of nitrogens with one attached hydrogen (secondary N) is 1. The van der Waals surface area contributed by atoms with Crippen molar-refractivity contribution >= 4 is 11.9 Å². The highest BCUT2D eigenvalue weighted by Crippen LogP contribution is 2.08. The van der Waals surface area contributed by atoms with Gasteiger partial charge in [-0.15, -0.1) is 0 Å². The Bertz CT molecular complexity index is 524. The van der Waals surface area contributed by atoms with Gasteiger partial charge in [-0.05, 0) is 12.5 Å². The summed E-state index contributed by atoms with van der Waals surface area (Å²) < 4.78 is 1.56. The zero-order valence-electron chi connectivity index (χ0n) is 12.5. The normalized spacial score (nSPS) is 10.7. The lowest BCUT2D eigenvalue weighted by Gasteiger charge is -2.07. The van der Waals surface area contributed by atoms with Gasteiger partial charge in [-0.1, -0.05) is 39.0 Å². The third-order valence-electron chi connectivity index (χ3n) is 3.16. The molecule has 0 aliphatic carbocycles. The average molecular weight is 289 g/mol. The average Bonchev–Trinajstić information content (AvgIpc) is 3.00. The summed E-state index contributed by atoms with van der Waals surface area (Å²) in [7, 11) is 0. The Morgan fingerprint density at radius 1 is 1.10 bits per heavy atom. The van der Waals surface area contributed by atoms with Gasteiger partial charge in [0.25, 0.3) is 5.95 Å². The first kappa shape index (κ1) is 15.2. The maximum absolute atomic E-state index is 5.71. The van der Waals surface area contributed by atoms with Crippen molar-refractivity contribution in [3.05, 3.63) is 18.5 Å². The highest BCUT2D eigenvalue weighted by molar-refractivity contribution is 5.34. The van der Waals surface area contributed by atoms with Crippen LogP contribution >= 0.6 is 0 Å². The highest BCUT2D eigenvalue weighted by atomic mass is 15.4. The summed E-state index contributed by atoms with van der Waals surface area (Å²) in [4.78, 5) is 12.5. The molecule has 0 amide bonds. The van der Waals surface area contributed by atoms with E-state index in [1.807, 2.05) is 6.07 Å². The van der Waals surface area contributed by atoms with E-state index in [4.69, 9.17) is 5.73 Å². The SMILES string of the molecule is CCCCCCCCNc1nc(N)nc(-n2cccn2)n1. The number of nitrogen functional groups attached to an aromatic ring is 1. The van der Waals surface area contributed by atoms with Crippen LogP contribution < -0.4 is 11.1 Å². The van der Waals surface area contributed by atoms with Gasteiger partial charge in [0, 0.05) is 18.9 Å². The van der Waals surface area contributed by atoms with Crippen LogP contribution in [0.3, 0.4) is 0 Å². The van der Waals surface area contributed by atoms with E-state index in [1.165, 1.54) is 32.1 Å². The van der Waals surface area contributed by atoms with Crippen molar-refractivity contribution in [2.24, 2.45) is 0 Å². The number of anilines is 2. The molecule has 0 bridgehead atoms. The third kappa shape index (κ3) is 5.02. The van der Waals surface area contributed by atoms with Gasteiger partial charge in [0.2, 0.25) is 11.9 Å². The number of hydrogen-bond acceptors (Lipinski definition) is 6. The van der Waals surface area contributed by atoms with E-state index < -0.39 is 0 Å². The summed E-state index contributed by atoms with van der Waals surface area (Å²) in [6.07, 6.45) is 11.0. The number of nitrogens with zero attached hydrogens (tertiary/aromatic N) is 5. The minimum atomic E-state index is 0.195. The van der Waals surface area contributed by atoms with Crippen LogP contribution in [0.1, 0.15) is 45.4 Å². The van der Waals surface area contributed by atoms with Crippen LogP contribution in [-0.2, 0) is 0 Å². The molecule has 2 aromatic rings. The molecule has 21 heavy (non-hydrogen) atoms. The van der Waals surface area contributed by atoms with Crippen molar-refractivity contribution in [1.29, 1.82) is 0 Å². The van der Waals surface area contributed by atoms with Crippen molar-refractivity contribution in [2.45, 2.75) is 45.4 Å². The summed E-state index contributed by atoms with van der Waals surface area (Å²) in [5.74, 6) is 1.13. The van der Waals surface area contributed by atoms with Crippen LogP contribution in [0.15, 0.2) is 18.5 Å². The predicted octanol–water partition coefficient (Wildman–Crippen LogP) is 2.41. The minimum Gasteiger partial charge on any atom is -0.368 e. The summed E-state index contributed by atoms with van der Waals surface area (Å²) in [5, 5.41) is 7.28. The maximum atomic E-state index is 5.71. The number of rotatable bonds is 9. The Morgan fingerprint density at radius 3 is 2.67 bits per heavy atom. The highest BCUT2D eigenvalue weighted by Gasteiger charge is 2.05. The molecular weight excluding hydrogens is 266 g/mol. The molecule has 2 aromatic heterocycles. The third-order valence-corrected chi connectivity index (χ3v) is 3.16. The van der Waals surface area contributed by atoms with Crippen LogP contribution in [0, 0.1) is 0 Å². The zero-order valence-corrected chi connectivity index (χ0v) is 12.5. The lowest BCUT2D eigenvalue weighted by atomic mass is 10.1. The Kier molecular flexibility index (Phi) is 5.93. The Hall–Kier alpha value is -2.18. The Labute approximate surface area is 125 Å². The van der Waals surface area contributed by atoms with Gasteiger partial charge in [0.05, 0.1) is 0 Å². The molecule has 0 unspecified atom stereocenters. The van der Waals surface area contributed by atoms with Gasteiger partial charge in [-0.3, -0.25) is 0 Å². The van der Waals surface area contributed by atoms with Gasteiger partial charge in [0.15, 0.2) is 0 Å². The van der Waals surface area contributed by atoms with E-state index in [2.05, 4.69) is 32.3 Å². The van der Waals surface area contributed by atoms with Crippen LogP contribution in [0.5, 0.6) is 0 Å². The lowest BCUT2D eigenvalue weighted by Crippen LogP contribution is -2.12. The number of hydrogen-bond donors (Lipinski definition) is 2. The number of nitrogens with two attached hydrogens (primary N) is 1. The van der Waals surface area contributed by atoms with Gasteiger partial charge >= 0.3 is 0 Å². The molecule has 0 spiro atoms. The molecule has 0 fully saturated rings. The Balaban J connectivity index is 1.81. The molecule has 0 saturated carbocycles. The van der Waals surface area contributed by atoms with E-state index in [9.17, 15) is 0 Å². The van der Waals surface area contributed by atoms with Gasteiger partial charge < -0.3 is 11.1 Å². The molecule has 7 heteroatoms. The molecule has 0 aliphatic heterocycles. The van der Waals surface area contributed by atoms with E-state index in [0.29, 0.717) is 11.9 Å². The van der Waals surface area contributed by atoms with E-state index in [1.54, 1.807) is 17.1 Å². The fourth-order valence-corrected chi connectivity index (χ4v) is 2.05. The monoisotopic (exact) mass is 289 g/mol. The molecule has 0 radical (unpaired) electrons. The molecule has 0 aliphatic rings. The lowest BCUT2D eigenvalue weighted by molar-refractivity contribution is 0.616. The maximum Gasteiger partial charge on any atom is 0.257 e. The molecular formula is C14H23N7. The van der Waals surface area contributed by atoms with Crippen LogP contribution in [0.25, 0.3) is 5.95 Å². The molecule has 114 valence electrons. The van der Waals surface area contributed by atoms with Crippen LogP contribution in [0.2, 0.25) is 0 Å². The molecule has 2 heterocycles. The molecule has 0 atom stereocenters. The van der Waals surface area contributed by atoms with Gasteiger partial charge in [0.1, 0.15) is 0 Å². The van der Waals surface area contributed by atoms with Gasteiger partial charge in [-0.25, -0.2) is 4.68 Å². The number of aromatic nitrogens is 5. The van der Waals surface area contributed by atoms with Crippen molar-refractivity contribution in [2.75, 3.05) is 17.6 Å². The molecule has 7 nitrogen and oxygen atoms in total. The molecule has 0 aromatic carbocycles. The second kappa shape index (κ2) is 8.18. The molecule has 2 rings (SSSR count). The zero-order chi connectivity index (χ0) is 14.9. The first-order valence-electron chi connectivity index (χ1n) is 7.55. The first-order chi connectivity index (χ1) is 10.3. The van der Waals surface area contributed by atoms with E-state index in [0.717, 1.165) is 13.0 Å². The largest absolute Gasteiger partial charge is 0.368 e. The summed E-state index contributed by atoms with van der Waals surface area (Å²) in [6.45, 7) is 3.07. The van der Waals surface area contributed by atoms with E-state index >= 15 is 0 Å². The van der Waals surface area contributed by atoms with Gasteiger partial charge in [-0.2, -0.15) is 20.1 Å². The van der Waals surface area contributed by atoms with E-state index in [-0.39, 0.29) is 5.95 Å². The molecule has 0 saturated heterocycles. The summed E-state index contributed by atoms with van der Waals surface area (Å²) in [5.41, 5.74) is 5.71. The Morgan fingerprint density at radius 2 is 1.90 bits per heavy atom. The minimum absolute atomic E-state index is 0.195. The summed E-state index contributed by atoms with van der Waals surface area (Å²) >= 11 is 0. The smallest absolute Gasteiger partial charge is 0.257 e. The predicted molar refractivity (Wildman–Crippen MR) is 83.2 cm³/mol. The standard InChI is InChI=1S/C14H23N7/c1-2-3-4-5-6-7-9-16-13-18-12(15)19-14(20-13)21-11-8-10-17-21/h8,10-11H,2-7,9H2,1H3,(H3,15,16,18,19,20). The fraction of sp³-hybridized carbons (Fsp3) is 0.571. The second-order valence-electron chi connectivity index (χ2n) is 4.96. The number of unbranched alkanes of at least 4 members (excludes halogenated alkanes) is 5. The summed E-state index contributed by atoms with van der Waals surface area (Å²) in [6, 6.07) is 1.81. The second-order valence-corrected chi connectivity index (χ2v) is 4.96. The van der Waals surface area contributed by atoms with Crippen molar-refractivity contribution in [3.8, 4) is 5.95 Å². The quantitative estimate of drug-likeness (QED) is 0.688.